The van der Waals surface area contributed by atoms with Gasteiger partial charge >= 0.3 is 16.0 Å². The summed E-state index contributed by atoms with van der Waals surface area (Å²) in [6.07, 6.45) is 0. The fraction of sp³-hybridized carbons (Fsp3) is 0. The van der Waals surface area contributed by atoms with Gasteiger partial charge in [0.2, 0.25) is 0 Å². The monoisotopic (exact) mass is 351 g/mol. The maximum Gasteiger partial charge on any atom is 0.560 e. The van der Waals surface area contributed by atoms with Crippen molar-refractivity contribution in [2.24, 2.45) is 0 Å². The molecule has 0 aromatic heterocycles. The van der Waals surface area contributed by atoms with E-state index in [1.807, 2.05) is 54.6 Å². The van der Waals surface area contributed by atoms with E-state index in [1.54, 1.807) is 0 Å². The smallest absolute Gasteiger partial charge is 0.457 e. The molecule has 0 saturated heterocycles. The summed E-state index contributed by atoms with van der Waals surface area (Å²) in [5.41, 5.74) is 0. The zero-order chi connectivity index (χ0) is 11.6. The van der Waals surface area contributed by atoms with Gasteiger partial charge in [0.15, 0.2) is 0 Å². The number of hydrogen-bond donors (Lipinski definition) is 0. The first-order chi connectivity index (χ1) is 7.86. The molecule has 0 saturated carbocycles. The van der Waals surface area contributed by atoms with Gasteiger partial charge in [0, 0.05) is 0 Å². The Morgan fingerprint density at radius 1 is 0.875 bits per heavy atom. The summed E-state index contributed by atoms with van der Waals surface area (Å²) < 4.78 is 5.56. The van der Waals surface area contributed by atoms with Crippen LogP contribution in [0.1, 0.15) is 0 Å². The first-order valence-corrected chi connectivity index (χ1v) is 12.5. The molecule has 0 unspecified atom stereocenters. The quantitative estimate of drug-likeness (QED) is 0.718. The highest BCUT2D eigenvalue weighted by atomic mass is 79.9. The van der Waals surface area contributed by atoms with Gasteiger partial charge in [0.1, 0.15) is 11.5 Å². The molecule has 2 aromatic carbocycles. The van der Waals surface area contributed by atoms with Crippen LogP contribution < -0.4 is 4.74 Å². The summed E-state index contributed by atoms with van der Waals surface area (Å²) in [7, 11) is 0. The molecular formula is C12H9Br2MgO. The van der Waals surface area contributed by atoms with E-state index in [-0.39, 0.29) is 16.0 Å². The molecule has 0 aliphatic heterocycles. The van der Waals surface area contributed by atoms with E-state index in [0.717, 1.165) is 11.5 Å². The molecule has 2 aromatic rings. The standard InChI is InChI=1S/C12H9O.2BrH.Mg/c1-3-7-11(8-4-1)13-12-9-5-2-6-10-12;;;/h1,3-10H;2*1H;/q;;;+2/p-2. The van der Waals surface area contributed by atoms with Crippen LogP contribution in [-0.4, -0.2) is 16.0 Å². The molecule has 1 nitrogen and oxygen atoms in total. The van der Waals surface area contributed by atoms with Crippen molar-refractivity contribution in [1.82, 2.24) is 0 Å². The van der Waals surface area contributed by atoms with Crippen LogP contribution >= 0.6 is 25.8 Å². The number of benzene rings is 2. The van der Waals surface area contributed by atoms with E-state index in [1.165, 1.54) is 0 Å². The van der Waals surface area contributed by atoms with Gasteiger partial charge in [0.25, 0.3) is 0 Å². The minimum Gasteiger partial charge on any atom is -0.457 e. The fourth-order valence-corrected chi connectivity index (χ4v) is 1.06. The van der Waals surface area contributed by atoms with Crippen molar-refractivity contribution in [3.63, 3.8) is 0 Å². The van der Waals surface area contributed by atoms with Gasteiger partial charge in [-0.25, -0.2) is 0 Å². The van der Waals surface area contributed by atoms with Crippen molar-refractivity contribution in [3.8, 4) is 11.5 Å². The maximum atomic E-state index is 5.56. The predicted octanol–water partition coefficient (Wildman–Crippen LogP) is 4.59. The molecule has 4 heteroatoms. The van der Waals surface area contributed by atoms with E-state index in [0.29, 0.717) is 0 Å². The first kappa shape index (κ1) is 14.0. The predicted molar refractivity (Wildman–Crippen MR) is 75.4 cm³/mol. The Morgan fingerprint density at radius 3 is 1.94 bits per heavy atom. The normalized spacial score (nSPS) is 8.38. The Hall–Kier alpha value is -0.0338. The molecule has 16 heavy (non-hydrogen) atoms. The molecule has 79 valence electrons. The van der Waals surface area contributed by atoms with Crippen LogP contribution in [0.2, 0.25) is 0 Å². The molecular weight excluding hydrogens is 344 g/mol. The summed E-state index contributed by atoms with van der Waals surface area (Å²) >= 11 is 6.44. The SMILES string of the molecule is [Br][Mg][Br].[c]1ccc(Oc2ccccc2)cc1. The summed E-state index contributed by atoms with van der Waals surface area (Å²) in [6.45, 7) is 0. The second kappa shape index (κ2) is 9.04. The van der Waals surface area contributed by atoms with E-state index in [4.69, 9.17) is 4.74 Å². The van der Waals surface area contributed by atoms with Crippen molar-refractivity contribution in [3.05, 3.63) is 60.7 Å². The van der Waals surface area contributed by atoms with Crippen LogP contribution in [0.3, 0.4) is 0 Å². The Labute approximate surface area is 118 Å². The fourth-order valence-electron chi connectivity index (χ4n) is 1.06. The van der Waals surface area contributed by atoms with Gasteiger partial charge in [-0.3, -0.25) is 25.8 Å². The zero-order valence-electron chi connectivity index (χ0n) is 8.57. The van der Waals surface area contributed by atoms with E-state index in [2.05, 4.69) is 31.8 Å². The van der Waals surface area contributed by atoms with E-state index in [9.17, 15) is 0 Å². The Bertz CT molecular complexity index is 343. The molecule has 0 atom stereocenters. The van der Waals surface area contributed by atoms with Crippen LogP contribution in [0, 0.1) is 6.07 Å². The zero-order valence-corrected chi connectivity index (χ0v) is 13.2. The van der Waals surface area contributed by atoms with Crippen LogP contribution in [0.15, 0.2) is 54.6 Å². The van der Waals surface area contributed by atoms with Crippen LogP contribution in [-0.2, 0) is 0 Å². The average molecular weight is 353 g/mol. The number of halogens is 2. The minimum absolute atomic E-state index is 0.0417. The van der Waals surface area contributed by atoms with Crippen LogP contribution in [0.25, 0.3) is 0 Å². The third-order valence-electron chi connectivity index (χ3n) is 1.67. The van der Waals surface area contributed by atoms with E-state index >= 15 is 0 Å². The molecule has 0 heterocycles. The summed E-state index contributed by atoms with van der Waals surface area (Å²) in [5.74, 6) is 1.69. The van der Waals surface area contributed by atoms with Gasteiger partial charge < -0.3 is 4.74 Å². The second-order valence-electron chi connectivity index (χ2n) is 2.75. The lowest BCUT2D eigenvalue weighted by Gasteiger charge is -2.03. The molecule has 0 fully saturated rings. The van der Waals surface area contributed by atoms with Crippen molar-refractivity contribution in [1.29, 1.82) is 0 Å². The number of hydrogen-bond acceptors (Lipinski definition) is 1. The minimum atomic E-state index is 0.0417. The Kier molecular flexibility index (Phi) is 7.93. The average Bonchev–Trinajstić information content (AvgIpc) is 2.33. The van der Waals surface area contributed by atoms with Gasteiger partial charge in [-0.1, -0.05) is 30.3 Å². The summed E-state index contributed by atoms with van der Waals surface area (Å²) in [5, 5.41) is 0. The third-order valence-corrected chi connectivity index (χ3v) is 1.67. The highest BCUT2D eigenvalue weighted by Crippen LogP contribution is 2.19. The molecule has 0 amide bonds. The highest BCUT2D eigenvalue weighted by molar-refractivity contribution is 9.47. The lowest BCUT2D eigenvalue weighted by Crippen LogP contribution is -1.81. The lowest BCUT2D eigenvalue weighted by atomic mass is 10.3. The molecule has 0 aliphatic carbocycles. The first-order valence-electron chi connectivity index (χ1n) is 4.67. The van der Waals surface area contributed by atoms with Crippen LogP contribution in [0.4, 0.5) is 0 Å². The second-order valence-corrected chi connectivity index (χ2v) is 10.8. The highest BCUT2D eigenvalue weighted by Gasteiger charge is 1.92. The van der Waals surface area contributed by atoms with Gasteiger partial charge in [-0.05, 0) is 30.3 Å². The van der Waals surface area contributed by atoms with Gasteiger partial charge in [0.05, 0.1) is 0 Å². The molecule has 2 rings (SSSR count). The Balaban J connectivity index is 0.000000386. The molecule has 0 spiro atoms. The molecule has 1 radical (unpaired) electrons. The molecule has 0 N–H and O–H groups in total. The number of rotatable bonds is 2. The van der Waals surface area contributed by atoms with Crippen LogP contribution in [0.5, 0.6) is 11.5 Å². The largest absolute Gasteiger partial charge is 0.560 e. The number of ether oxygens (including phenoxy) is 1. The van der Waals surface area contributed by atoms with E-state index < -0.39 is 0 Å². The third kappa shape index (κ3) is 5.89. The van der Waals surface area contributed by atoms with Crippen molar-refractivity contribution in [2.45, 2.75) is 0 Å². The number of para-hydroxylation sites is 1. The molecule has 0 aliphatic rings. The maximum absolute atomic E-state index is 5.56. The van der Waals surface area contributed by atoms with Crippen molar-refractivity contribution < 1.29 is 4.74 Å². The van der Waals surface area contributed by atoms with Crippen molar-refractivity contribution in [2.75, 3.05) is 0 Å². The van der Waals surface area contributed by atoms with Gasteiger partial charge in [-0.15, -0.1) is 0 Å². The topological polar surface area (TPSA) is 9.23 Å². The summed E-state index contributed by atoms with van der Waals surface area (Å²) in [4.78, 5) is 0. The van der Waals surface area contributed by atoms with Gasteiger partial charge in [-0.2, -0.15) is 0 Å². The summed E-state index contributed by atoms with van der Waals surface area (Å²) in [6, 6.07) is 20.1. The van der Waals surface area contributed by atoms with Crippen molar-refractivity contribution >= 4 is 41.8 Å². The Morgan fingerprint density at radius 2 is 1.38 bits per heavy atom. The lowest BCUT2D eigenvalue weighted by molar-refractivity contribution is 0.482. The molecule has 0 bridgehead atoms.